The summed E-state index contributed by atoms with van der Waals surface area (Å²) < 4.78 is 10.9. The van der Waals surface area contributed by atoms with Crippen LogP contribution in [0.5, 0.6) is 11.5 Å². The van der Waals surface area contributed by atoms with E-state index in [-0.39, 0.29) is 5.91 Å². The maximum absolute atomic E-state index is 13.0. The number of amides is 1. The monoisotopic (exact) mass is 387 g/mol. The molecule has 0 atom stereocenters. The van der Waals surface area contributed by atoms with Crippen LogP contribution in [0.4, 0.5) is 5.69 Å². The Morgan fingerprint density at radius 2 is 1.69 bits per heavy atom. The molecule has 0 saturated carbocycles. The smallest absolute Gasteiger partial charge is 0.255 e. The minimum absolute atomic E-state index is 0.197. The molecule has 3 aromatic carbocycles. The van der Waals surface area contributed by atoms with E-state index in [4.69, 9.17) is 9.47 Å². The van der Waals surface area contributed by atoms with Gasteiger partial charge >= 0.3 is 0 Å². The molecule has 1 N–H and O–H groups in total. The van der Waals surface area contributed by atoms with E-state index in [2.05, 4.69) is 24.0 Å². The molecule has 4 heteroatoms. The fraction of sp³-hybridized carbons (Fsp3) is 0.160. The molecule has 0 saturated heterocycles. The summed E-state index contributed by atoms with van der Waals surface area (Å²) in [5, 5.41) is 3.04. The van der Waals surface area contributed by atoms with Gasteiger partial charge in [-0.3, -0.25) is 4.79 Å². The van der Waals surface area contributed by atoms with Gasteiger partial charge in [-0.1, -0.05) is 54.6 Å². The second kappa shape index (κ2) is 9.60. The van der Waals surface area contributed by atoms with Crippen LogP contribution in [0.25, 0.3) is 0 Å². The first kappa shape index (κ1) is 20.2. The lowest BCUT2D eigenvalue weighted by atomic mass is 10.0. The van der Waals surface area contributed by atoms with Crippen molar-refractivity contribution in [2.75, 3.05) is 19.5 Å². The van der Waals surface area contributed by atoms with Crippen LogP contribution < -0.4 is 14.8 Å². The van der Waals surface area contributed by atoms with Crippen LogP contribution >= 0.6 is 0 Å². The van der Waals surface area contributed by atoms with Crippen molar-refractivity contribution in [2.24, 2.45) is 0 Å². The molecule has 0 fully saturated rings. The number of carbonyl (C=O) groups is 1. The summed E-state index contributed by atoms with van der Waals surface area (Å²) in [5.41, 5.74) is 4.40. The fourth-order valence-corrected chi connectivity index (χ4v) is 3.29. The quantitative estimate of drug-likeness (QED) is 0.535. The zero-order chi connectivity index (χ0) is 20.6. The van der Waals surface area contributed by atoms with Crippen molar-refractivity contribution in [3.05, 3.63) is 102 Å². The van der Waals surface area contributed by atoms with E-state index in [0.717, 1.165) is 23.2 Å². The molecule has 0 spiro atoms. The molecule has 1 amide bonds. The van der Waals surface area contributed by atoms with Gasteiger partial charge in [0.2, 0.25) is 0 Å². The third kappa shape index (κ3) is 4.85. The van der Waals surface area contributed by atoms with Crippen molar-refractivity contribution in [1.82, 2.24) is 0 Å². The number of hydrogen-bond acceptors (Lipinski definition) is 3. The van der Waals surface area contributed by atoms with Gasteiger partial charge in [0.15, 0.2) is 11.5 Å². The Hall–Kier alpha value is -3.53. The summed E-state index contributed by atoms with van der Waals surface area (Å²) in [5.74, 6) is 0.944. The van der Waals surface area contributed by atoms with Crippen molar-refractivity contribution in [1.29, 1.82) is 0 Å². The van der Waals surface area contributed by atoms with Gasteiger partial charge in [0.05, 0.1) is 14.2 Å². The largest absolute Gasteiger partial charge is 0.493 e. The van der Waals surface area contributed by atoms with Gasteiger partial charge in [0.25, 0.3) is 5.91 Å². The third-order valence-electron chi connectivity index (χ3n) is 4.69. The summed E-state index contributed by atoms with van der Waals surface area (Å²) in [4.78, 5) is 13.0. The first-order valence-electron chi connectivity index (χ1n) is 9.45. The second-order valence-corrected chi connectivity index (χ2v) is 6.64. The van der Waals surface area contributed by atoms with Crippen molar-refractivity contribution in [3.63, 3.8) is 0 Å². The molecule has 3 rings (SSSR count). The van der Waals surface area contributed by atoms with E-state index in [1.165, 1.54) is 5.56 Å². The predicted octanol–water partition coefficient (Wildman–Crippen LogP) is 5.28. The Morgan fingerprint density at radius 1 is 0.966 bits per heavy atom. The zero-order valence-corrected chi connectivity index (χ0v) is 16.8. The predicted molar refractivity (Wildman–Crippen MR) is 117 cm³/mol. The highest BCUT2D eigenvalue weighted by Gasteiger charge is 2.16. The molecule has 29 heavy (non-hydrogen) atoms. The van der Waals surface area contributed by atoms with Crippen LogP contribution in [0.3, 0.4) is 0 Å². The van der Waals surface area contributed by atoms with Crippen LogP contribution in [0.15, 0.2) is 79.4 Å². The fourth-order valence-electron chi connectivity index (χ4n) is 3.29. The van der Waals surface area contributed by atoms with E-state index >= 15 is 0 Å². The minimum Gasteiger partial charge on any atom is -0.493 e. The number of anilines is 1. The molecule has 0 aromatic heterocycles. The molecule has 4 nitrogen and oxygen atoms in total. The first-order valence-corrected chi connectivity index (χ1v) is 9.45. The summed E-state index contributed by atoms with van der Waals surface area (Å²) >= 11 is 0. The maximum atomic E-state index is 13.0. The Morgan fingerprint density at radius 3 is 2.38 bits per heavy atom. The number of methoxy groups -OCH3 is 2. The first-order chi connectivity index (χ1) is 14.2. The van der Waals surface area contributed by atoms with Gasteiger partial charge < -0.3 is 14.8 Å². The van der Waals surface area contributed by atoms with Crippen LogP contribution in [0, 0.1) is 0 Å². The molecule has 148 valence electrons. The number of nitrogens with one attached hydrogen (secondary N) is 1. The number of para-hydroxylation sites is 1. The number of ether oxygens (including phenoxy) is 2. The third-order valence-corrected chi connectivity index (χ3v) is 4.69. The molecule has 0 aliphatic heterocycles. The van der Waals surface area contributed by atoms with E-state index in [9.17, 15) is 4.79 Å². The highest BCUT2D eigenvalue weighted by Crippen LogP contribution is 2.33. The van der Waals surface area contributed by atoms with E-state index in [0.29, 0.717) is 23.5 Å². The topological polar surface area (TPSA) is 47.6 Å². The van der Waals surface area contributed by atoms with Crippen molar-refractivity contribution in [3.8, 4) is 11.5 Å². The number of benzene rings is 3. The van der Waals surface area contributed by atoms with Crippen LogP contribution in [0.1, 0.15) is 27.0 Å². The Kier molecular flexibility index (Phi) is 6.69. The van der Waals surface area contributed by atoms with Gasteiger partial charge in [0, 0.05) is 16.8 Å². The Labute approximate surface area is 171 Å². The highest BCUT2D eigenvalue weighted by molar-refractivity contribution is 6.05. The van der Waals surface area contributed by atoms with Gasteiger partial charge in [-0.15, -0.1) is 6.58 Å². The number of hydrogen-bond donors (Lipinski definition) is 1. The summed E-state index contributed by atoms with van der Waals surface area (Å²) in [6, 6.07) is 21.5. The van der Waals surface area contributed by atoms with Crippen molar-refractivity contribution < 1.29 is 14.3 Å². The molecular formula is C25H25NO3. The molecule has 0 radical (unpaired) electrons. The van der Waals surface area contributed by atoms with E-state index < -0.39 is 0 Å². The summed E-state index contributed by atoms with van der Waals surface area (Å²) in [6.45, 7) is 3.78. The highest BCUT2D eigenvalue weighted by atomic mass is 16.5. The molecule has 3 aromatic rings. The van der Waals surface area contributed by atoms with Crippen LogP contribution in [-0.2, 0) is 12.8 Å². The second-order valence-electron chi connectivity index (χ2n) is 6.64. The number of allylic oxidation sites excluding steroid dienone is 1. The van der Waals surface area contributed by atoms with Gasteiger partial charge in [-0.25, -0.2) is 0 Å². The van der Waals surface area contributed by atoms with Crippen molar-refractivity contribution >= 4 is 11.6 Å². The van der Waals surface area contributed by atoms with Gasteiger partial charge in [-0.05, 0) is 42.2 Å². The number of rotatable bonds is 8. The Balaban J connectivity index is 1.89. The molecule has 0 heterocycles. The molecule has 0 aliphatic rings. The normalized spacial score (nSPS) is 10.3. The van der Waals surface area contributed by atoms with Crippen molar-refractivity contribution in [2.45, 2.75) is 12.8 Å². The molecular weight excluding hydrogens is 362 g/mol. The lowest BCUT2D eigenvalue weighted by molar-refractivity contribution is 0.102. The van der Waals surface area contributed by atoms with E-state index in [1.54, 1.807) is 26.4 Å². The lowest BCUT2D eigenvalue weighted by Gasteiger charge is -2.15. The van der Waals surface area contributed by atoms with Crippen LogP contribution in [0.2, 0.25) is 0 Å². The lowest BCUT2D eigenvalue weighted by Crippen LogP contribution is -2.14. The minimum atomic E-state index is -0.197. The van der Waals surface area contributed by atoms with Crippen LogP contribution in [-0.4, -0.2) is 20.1 Å². The standard InChI is InChI=1S/C25H25NO3/c1-4-10-20-16-21(17-23(28-2)24(20)29-3)25(27)26-22-14-9-8-13-19(22)15-18-11-6-5-7-12-18/h4-9,11-14,16-17H,1,10,15H2,2-3H3,(H,26,27). The van der Waals surface area contributed by atoms with Gasteiger partial charge in [0.1, 0.15) is 0 Å². The SMILES string of the molecule is C=CCc1cc(C(=O)Nc2ccccc2Cc2ccccc2)cc(OC)c1OC. The average Bonchev–Trinajstić information content (AvgIpc) is 2.75. The number of carbonyl (C=O) groups excluding carboxylic acids is 1. The average molecular weight is 387 g/mol. The Bertz CT molecular complexity index is 996. The van der Waals surface area contributed by atoms with E-state index in [1.807, 2.05) is 48.5 Å². The molecule has 0 aliphatic carbocycles. The summed E-state index contributed by atoms with van der Waals surface area (Å²) in [6.07, 6.45) is 3.09. The zero-order valence-electron chi connectivity index (χ0n) is 16.8. The molecule has 0 bridgehead atoms. The molecule has 0 unspecified atom stereocenters. The maximum Gasteiger partial charge on any atom is 0.255 e. The van der Waals surface area contributed by atoms with Gasteiger partial charge in [-0.2, -0.15) is 0 Å². The summed E-state index contributed by atoms with van der Waals surface area (Å²) in [7, 11) is 3.15.